The van der Waals surface area contributed by atoms with Crippen LogP contribution in [0.4, 0.5) is 5.13 Å². The van der Waals surface area contributed by atoms with Crippen LogP contribution in [0, 0.1) is 0 Å². The lowest BCUT2D eigenvalue weighted by atomic mass is 10.4. The minimum Gasteiger partial charge on any atom is -0.545 e. The summed E-state index contributed by atoms with van der Waals surface area (Å²) in [7, 11) is -6.51. The number of rotatable bonds is 14. The second kappa shape index (κ2) is 17.7. The summed E-state index contributed by atoms with van der Waals surface area (Å²) in [6.45, 7) is 3.90. The third-order valence-electron chi connectivity index (χ3n) is 4.25. The number of hydrogen-bond donors (Lipinski definition) is 7. The van der Waals surface area contributed by atoms with Crippen molar-refractivity contribution in [1.82, 2.24) is 19.7 Å². The lowest BCUT2D eigenvalue weighted by Crippen LogP contribution is -2.72. The third kappa shape index (κ3) is 14.1. The summed E-state index contributed by atoms with van der Waals surface area (Å²) in [6.07, 6.45) is 2.33. The number of carbonyl (C=O) groups excluding carboxylic acids is 1. The van der Waals surface area contributed by atoms with Gasteiger partial charge in [-0.2, -0.15) is 11.8 Å². The van der Waals surface area contributed by atoms with E-state index in [4.69, 9.17) is 16.6 Å². The number of thiazole rings is 1. The van der Waals surface area contributed by atoms with Gasteiger partial charge < -0.3 is 31.8 Å². The van der Waals surface area contributed by atoms with E-state index in [0.717, 1.165) is 11.8 Å². The Morgan fingerprint density at radius 3 is 2.43 bits per heavy atom. The van der Waals surface area contributed by atoms with Gasteiger partial charge in [-0.3, -0.25) is 4.99 Å². The molecule has 0 radical (unpaired) electrons. The number of benzene rings is 1. The number of nitrogens with one attached hydrogen (secondary N) is 4. The molecule has 0 aliphatic heterocycles. The maximum Gasteiger partial charge on any atom is 0.328 e. The maximum absolute atomic E-state index is 12.7. The highest BCUT2D eigenvalue weighted by atomic mass is 32.2. The molecule has 0 saturated heterocycles. The number of carboxylic acids is 2. The van der Waals surface area contributed by atoms with Gasteiger partial charge in [-0.15, -0.1) is 11.6 Å². The molecule has 2 rings (SSSR count). The standard InChI is InChI=1S/C18H26N8O4S4.C4H4O4/c1-3-7-23-33(27,28)14-5-4-6-15(10-14)34(29,30)26-17(21-2)22-8-9-31-11-13-12-32-18(24-13)25-16(19)20;5-3(6)1-2-4(7)8/h3-6,10,12,23H,1,7-9,11H2,2H3,(H2,21,22,26)(H4,19,20,24,25);1-2H,(H,5,6)(H,7,8)/b;2-1+. The van der Waals surface area contributed by atoms with Gasteiger partial charge in [0.25, 0.3) is 15.2 Å². The largest absolute Gasteiger partial charge is 0.545 e. The summed E-state index contributed by atoms with van der Waals surface area (Å²) in [4.78, 5) is 29.6. The summed E-state index contributed by atoms with van der Waals surface area (Å²) in [5, 5.41) is 22.6. The molecule has 42 heavy (non-hydrogen) atoms. The Kier molecular flexibility index (Phi) is 15.2. The lowest BCUT2D eigenvalue weighted by molar-refractivity contribution is -0.355. The zero-order valence-electron chi connectivity index (χ0n) is 22.1. The summed E-state index contributed by atoms with van der Waals surface area (Å²) in [5.41, 5.74) is 11.6. The topological polar surface area (TPSA) is 273 Å². The number of carbonyl (C=O) groups is 2. The number of aliphatic imine (C=N–C) groups is 1. The van der Waals surface area contributed by atoms with Gasteiger partial charge in [0, 0.05) is 43.1 Å². The number of guanidine groups is 2. The van der Waals surface area contributed by atoms with Crippen LogP contribution in [-0.4, -0.2) is 76.7 Å². The van der Waals surface area contributed by atoms with Gasteiger partial charge in [-0.25, -0.2) is 36.1 Å². The molecular weight excluding hydrogens is 633 g/mol. The summed E-state index contributed by atoms with van der Waals surface area (Å²) < 4.78 is 54.7. The molecule has 2 aromatic rings. The van der Waals surface area contributed by atoms with Crippen LogP contribution < -0.4 is 36.3 Å². The average molecular weight is 663 g/mol. The molecule has 0 bridgehead atoms. The van der Waals surface area contributed by atoms with Crippen molar-refractivity contribution in [3.63, 3.8) is 0 Å². The first-order chi connectivity index (χ1) is 19.7. The van der Waals surface area contributed by atoms with Crippen molar-refractivity contribution in [3.05, 3.63) is 60.1 Å². The Balaban J connectivity index is 0.000000962. The van der Waals surface area contributed by atoms with Gasteiger partial charge in [-0.1, -0.05) is 23.5 Å². The third-order valence-corrected chi connectivity index (χ3v) is 8.81. The Morgan fingerprint density at radius 1 is 1.21 bits per heavy atom. The van der Waals surface area contributed by atoms with Crippen molar-refractivity contribution in [2.75, 3.05) is 25.9 Å². The van der Waals surface area contributed by atoms with Crippen LogP contribution in [0.2, 0.25) is 0 Å². The van der Waals surface area contributed by atoms with E-state index in [1.54, 1.807) is 11.8 Å². The second-order valence-electron chi connectivity index (χ2n) is 7.49. The van der Waals surface area contributed by atoms with E-state index in [1.165, 1.54) is 42.7 Å². The molecule has 0 amide bonds. The molecule has 0 aliphatic carbocycles. The van der Waals surface area contributed by atoms with Crippen molar-refractivity contribution in [3.8, 4) is 0 Å². The number of aliphatic carboxylic acids is 2. The Labute approximate surface area is 250 Å². The highest BCUT2D eigenvalue weighted by Gasteiger charge is 2.20. The maximum atomic E-state index is 12.7. The van der Waals surface area contributed by atoms with Gasteiger partial charge in [-0.05, 0) is 24.3 Å². The van der Waals surface area contributed by atoms with Crippen LogP contribution in [-0.2, 0) is 35.4 Å². The molecule has 1 aromatic heterocycles. The Bertz CT molecular complexity index is 1520. The summed E-state index contributed by atoms with van der Waals surface area (Å²) >= 11 is 2.98. The molecule has 0 saturated carbocycles. The van der Waals surface area contributed by atoms with Crippen molar-refractivity contribution >= 4 is 72.1 Å². The van der Waals surface area contributed by atoms with E-state index in [0.29, 0.717) is 35.3 Å². The highest BCUT2D eigenvalue weighted by molar-refractivity contribution is 7.98. The molecule has 1 heterocycles. The van der Waals surface area contributed by atoms with Gasteiger partial charge in [0.2, 0.25) is 16.0 Å². The molecule has 0 fully saturated rings. The number of sulfonamides is 2. The van der Waals surface area contributed by atoms with Gasteiger partial charge in [0.05, 0.1) is 15.8 Å². The fourth-order valence-corrected chi connectivity index (χ4v) is 6.30. The molecule has 16 nitrogen and oxygen atoms in total. The first-order valence-corrected chi connectivity index (χ1v) is 16.4. The predicted molar refractivity (Wildman–Crippen MR) is 158 cm³/mol. The molecule has 0 aliphatic rings. The van der Waals surface area contributed by atoms with Crippen LogP contribution in [0.15, 0.2) is 69.2 Å². The minimum atomic E-state index is -4.07. The summed E-state index contributed by atoms with van der Waals surface area (Å²) in [6, 6.07) is 5.03. The number of thioether (sulfide) groups is 1. The average Bonchev–Trinajstić information content (AvgIpc) is 3.36. The first-order valence-electron chi connectivity index (χ1n) is 11.4. The molecule has 230 valence electrons. The normalized spacial score (nSPS) is 11.7. The minimum absolute atomic E-state index is 0.0214. The molecule has 20 heteroatoms. The van der Waals surface area contributed by atoms with Crippen LogP contribution in [0.1, 0.15) is 5.69 Å². The van der Waals surface area contributed by atoms with Crippen molar-refractivity contribution in [2.24, 2.45) is 16.5 Å². The molecule has 0 atom stereocenters. The lowest BCUT2D eigenvalue weighted by Gasteiger charge is -2.13. The van der Waals surface area contributed by atoms with Gasteiger partial charge >= 0.3 is 11.9 Å². The van der Waals surface area contributed by atoms with Crippen molar-refractivity contribution < 1.29 is 41.6 Å². The van der Waals surface area contributed by atoms with Crippen LogP contribution in [0.25, 0.3) is 0 Å². The SMILES string of the molecule is C=CCNS(=O)(=O)c1cccc(S(=O)(=O)NC(=NC)NCCSCc2csc([NH+]=C(N)N)n2)c1.O=C([O-])/C=C/C(=O)O. The second-order valence-corrected chi connectivity index (χ2v) is 12.9. The zero-order chi connectivity index (χ0) is 31.8. The molecule has 1 aromatic carbocycles. The smallest absolute Gasteiger partial charge is 0.328 e. The fraction of sp³-hybridized carbons (Fsp3) is 0.227. The quantitative estimate of drug-likeness (QED) is 0.0345. The van der Waals surface area contributed by atoms with Gasteiger partial charge in [0.15, 0.2) is 0 Å². The van der Waals surface area contributed by atoms with E-state index >= 15 is 0 Å². The fourth-order valence-electron chi connectivity index (χ4n) is 2.52. The zero-order valence-corrected chi connectivity index (χ0v) is 25.4. The van der Waals surface area contributed by atoms with Crippen LogP contribution in [0.3, 0.4) is 0 Å². The number of nitrogens with two attached hydrogens (primary N) is 2. The molecule has 0 unspecified atom stereocenters. The highest BCUT2D eigenvalue weighted by Crippen LogP contribution is 2.17. The number of carboxylic acid groups (broad SMARTS) is 2. The van der Waals surface area contributed by atoms with Crippen molar-refractivity contribution in [2.45, 2.75) is 15.5 Å². The summed E-state index contributed by atoms with van der Waals surface area (Å²) in [5.74, 6) is -1.40. The van der Waals surface area contributed by atoms with Crippen molar-refractivity contribution in [1.29, 1.82) is 0 Å². The van der Waals surface area contributed by atoms with Crippen LogP contribution in [0.5, 0.6) is 0 Å². The van der Waals surface area contributed by atoms with E-state index in [9.17, 15) is 31.5 Å². The monoisotopic (exact) mass is 662 g/mol. The van der Waals surface area contributed by atoms with E-state index in [-0.39, 0.29) is 28.3 Å². The Morgan fingerprint density at radius 2 is 1.88 bits per heavy atom. The molecular formula is C22H30N8O8S4. The van der Waals surface area contributed by atoms with E-state index < -0.39 is 32.0 Å². The van der Waals surface area contributed by atoms with E-state index in [2.05, 4.69) is 36.3 Å². The number of nitrogens with zero attached hydrogens (tertiary/aromatic N) is 2. The van der Waals surface area contributed by atoms with Gasteiger partial charge in [0.1, 0.15) is 5.69 Å². The Hall–Kier alpha value is -3.98. The predicted octanol–water partition coefficient (Wildman–Crippen LogP) is -3.24. The number of aromatic nitrogens is 1. The molecule has 0 spiro atoms. The first kappa shape index (κ1) is 36.0. The number of hydrogen-bond acceptors (Lipinski definition) is 11. The van der Waals surface area contributed by atoms with E-state index in [1.807, 2.05) is 5.38 Å². The molecule has 9 N–H and O–H groups in total. The van der Waals surface area contributed by atoms with Crippen LogP contribution >= 0.6 is 23.1 Å².